The molecule has 1 atom stereocenters. The van der Waals surface area contributed by atoms with Crippen LogP contribution in [-0.4, -0.2) is 14.3 Å². The summed E-state index contributed by atoms with van der Waals surface area (Å²) in [6.45, 7) is 15.7. The van der Waals surface area contributed by atoms with Crippen molar-refractivity contribution in [1.29, 1.82) is 0 Å². The van der Waals surface area contributed by atoms with E-state index in [0.717, 1.165) is 30.7 Å². The first-order valence-corrected chi connectivity index (χ1v) is 13.0. The summed E-state index contributed by atoms with van der Waals surface area (Å²) in [6.07, 6.45) is 6.22. The van der Waals surface area contributed by atoms with Crippen molar-refractivity contribution >= 4 is 34.2 Å². The van der Waals surface area contributed by atoms with Crippen LogP contribution in [-0.2, 0) is 19.3 Å². The van der Waals surface area contributed by atoms with Crippen molar-refractivity contribution in [2.24, 2.45) is 0 Å². The smallest absolute Gasteiger partial charge is 0.0931 e. The fourth-order valence-corrected chi connectivity index (χ4v) is 6.71. The average molecular weight is 448 g/mol. The van der Waals surface area contributed by atoms with Gasteiger partial charge in [0.2, 0.25) is 0 Å². The van der Waals surface area contributed by atoms with Crippen molar-refractivity contribution in [3.63, 3.8) is 0 Å². The third-order valence-corrected chi connectivity index (χ3v) is 8.78. The molecule has 3 rings (SSSR count). The molecule has 0 bridgehead atoms. The molecule has 29 heavy (non-hydrogen) atoms. The second-order valence-corrected chi connectivity index (χ2v) is 11.9. The number of aryl methyl sites for hydroxylation is 5. The van der Waals surface area contributed by atoms with Gasteiger partial charge in [0.1, 0.15) is 0 Å². The van der Waals surface area contributed by atoms with E-state index >= 15 is 0 Å². The van der Waals surface area contributed by atoms with E-state index in [1.807, 2.05) is 28.9 Å². The molecule has 1 unspecified atom stereocenters. The monoisotopic (exact) mass is 447 g/mol. The Kier molecular flexibility index (Phi) is 7.63. The molecule has 6 heteroatoms. The van der Waals surface area contributed by atoms with Crippen molar-refractivity contribution in [2.45, 2.75) is 91.9 Å². The molecule has 0 spiro atoms. The van der Waals surface area contributed by atoms with Crippen LogP contribution >= 0.6 is 34.2 Å². The summed E-state index contributed by atoms with van der Waals surface area (Å²) in [5.41, 5.74) is 4.02. The van der Waals surface area contributed by atoms with E-state index in [2.05, 4.69) is 53.5 Å². The maximum absolute atomic E-state index is 5.08. The van der Waals surface area contributed by atoms with Crippen LogP contribution in [0, 0.1) is 13.8 Å². The molecule has 0 radical (unpaired) electrons. The van der Waals surface area contributed by atoms with Crippen LogP contribution in [0.1, 0.15) is 100 Å². The molecule has 0 saturated carbocycles. The largest absolute Gasteiger partial charge is 0.250 e. The Bertz CT molecular complexity index is 933. The Hall–Kier alpha value is -1.11. The SMILES string of the molecule is Cc1ncc(C(C)CCc2nc(CCc3nsc(C)c3C(C)C)c(C(C)C)s2)s1. The topological polar surface area (TPSA) is 38.7 Å². The Balaban J connectivity index is 1.68. The minimum atomic E-state index is 0.527. The zero-order chi connectivity index (χ0) is 21.1. The van der Waals surface area contributed by atoms with Gasteiger partial charge in [-0.05, 0) is 74.4 Å². The van der Waals surface area contributed by atoms with Crippen molar-refractivity contribution in [2.75, 3.05) is 0 Å². The van der Waals surface area contributed by atoms with Gasteiger partial charge in [0.05, 0.1) is 21.4 Å². The van der Waals surface area contributed by atoms with Crippen molar-refractivity contribution in [3.8, 4) is 0 Å². The summed E-state index contributed by atoms with van der Waals surface area (Å²) in [6, 6.07) is 0. The van der Waals surface area contributed by atoms with Gasteiger partial charge in [0.15, 0.2) is 0 Å². The molecule has 0 aliphatic heterocycles. The predicted molar refractivity (Wildman–Crippen MR) is 128 cm³/mol. The maximum atomic E-state index is 5.08. The fourth-order valence-electron chi connectivity index (χ4n) is 3.82. The Morgan fingerprint density at radius 1 is 0.897 bits per heavy atom. The third-order valence-electron chi connectivity index (χ3n) is 5.37. The van der Waals surface area contributed by atoms with E-state index in [4.69, 9.17) is 9.36 Å². The normalized spacial score (nSPS) is 13.0. The summed E-state index contributed by atoms with van der Waals surface area (Å²) in [7, 11) is 0. The highest BCUT2D eigenvalue weighted by atomic mass is 32.1. The first kappa shape index (κ1) is 22.6. The molecule has 0 aromatic carbocycles. The van der Waals surface area contributed by atoms with E-state index in [-0.39, 0.29) is 0 Å². The fraction of sp³-hybridized carbons (Fsp3) is 0.609. The Morgan fingerprint density at radius 3 is 2.24 bits per heavy atom. The number of nitrogens with zero attached hydrogens (tertiary/aromatic N) is 3. The quantitative estimate of drug-likeness (QED) is 0.342. The Morgan fingerprint density at radius 2 is 1.62 bits per heavy atom. The summed E-state index contributed by atoms with van der Waals surface area (Å²) < 4.78 is 4.74. The minimum absolute atomic E-state index is 0.527. The van der Waals surface area contributed by atoms with E-state index < -0.39 is 0 Å². The van der Waals surface area contributed by atoms with Crippen LogP contribution in [0.15, 0.2) is 6.20 Å². The zero-order valence-electron chi connectivity index (χ0n) is 18.7. The lowest BCUT2D eigenvalue weighted by molar-refractivity contribution is 0.684. The van der Waals surface area contributed by atoms with Gasteiger partial charge in [0.25, 0.3) is 0 Å². The second kappa shape index (κ2) is 9.80. The lowest BCUT2D eigenvalue weighted by Crippen LogP contribution is -2.01. The van der Waals surface area contributed by atoms with E-state index in [1.54, 1.807) is 11.5 Å². The number of aromatic nitrogens is 3. The summed E-state index contributed by atoms with van der Waals surface area (Å²) in [4.78, 5) is 13.7. The lowest BCUT2D eigenvalue weighted by Gasteiger charge is -2.08. The number of rotatable bonds is 9. The molecule has 3 aromatic heterocycles. The lowest BCUT2D eigenvalue weighted by atomic mass is 9.98. The van der Waals surface area contributed by atoms with E-state index in [1.165, 1.54) is 36.6 Å². The van der Waals surface area contributed by atoms with Gasteiger partial charge in [-0.15, -0.1) is 22.7 Å². The van der Waals surface area contributed by atoms with Gasteiger partial charge in [-0.3, -0.25) is 0 Å². The molecule has 3 nitrogen and oxygen atoms in total. The highest BCUT2D eigenvalue weighted by Gasteiger charge is 2.19. The van der Waals surface area contributed by atoms with Crippen molar-refractivity contribution in [3.05, 3.63) is 47.8 Å². The minimum Gasteiger partial charge on any atom is -0.250 e. The maximum Gasteiger partial charge on any atom is 0.0931 e. The summed E-state index contributed by atoms with van der Waals surface area (Å²) in [5.74, 6) is 1.61. The van der Waals surface area contributed by atoms with Gasteiger partial charge in [-0.2, -0.15) is 4.37 Å². The summed E-state index contributed by atoms with van der Waals surface area (Å²) in [5, 5.41) is 2.44. The molecule has 0 aliphatic rings. The first-order valence-electron chi connectivity index (χ1n) is 10.6. The highest BCUT2D eigenvalue weighted by Crippen LogP contribution is 2.32. The van der Waals surface area contributed by atoms with Gasteiger partial charge < -0.3 is 0 Å². The van der Waals surface area contributed by atoms with Gasteiger partial charge in [-0.1, -0.05) is 34.6 Å². The standard InChI is InChI=1S/C23H33N3S3/c1-13(2)22-16(6)29-26-18(22)9-10-19-23(14(3)4)28-21(25-19)11-8-15(5)20-12-24-17(7)27-20/h12-15H,8-11H2,1-7H3. The van der Waals surface area contributed by atoms with Crippen LogP contribution < -0.4 is 0 Å². The highest BCUT2D eigenvalue weighted by molar-refractivity contribution is 7.12. The molecule has 0 aliphatic carbocycles. The zero-order valence-corrected chi connectivity index (χ0v) is 21.2. The molecule has 0 N–H and O–H groups in total. The molecule has 0 amide bonds. The van der Waals surface area contributed by atoms with E-state index in [0.29, 0.717) is 17.8 Å². The van der Waals surface area contributed by atoms with Gasteiger partial charge >= 0.3 is 0 Å². The van der Waals surface area contributed by atoms with Gasteiger partial charge in [-0.25, -0.2) is 9.97 Å². The number of hydrogen-bond acceptors (Lipinski definition) is 6. The number of hydrogen-bond donors (Lipinski definition) is 0. The molecular formula is C23H33N3S3. The molecule has 3 heterocycles. The van der Waals surface area contributed by atoms with Crippen LogP contribution in [0.5, 0.6) is 0 Å². The molecular weight excluding hydrogens is 414 g/mol. The molecule has 158 valence electrons. The average Bonchev–Trinajstić information content (AvgIpc) is 3.36. The van der Waals surface area contributed by atoms with Crippen molar-refractivity contribution in [1.82, 2.24) is 14.3 Å². The molecule has 0 saturated heterocycles. The van der Waals surface area contributed by atoms with Gasteiger partial charge in [0, 0.05) is 20.8 Å². The second-order valence-electron chi connectivity index (χ2n) is 8.55. The summed E-state index contributed by atoms with van der Waals surface area (Å²) >= 11 is 5.39. The molecule has 3 aromatic rings. The predicted octanol–water partition coefficient (Wildman–Crippen LogP) is 7.44. The molecule has 0 fully saturated rings. The van der Waals surface area contributed by atoms with Crippen LogP contribution in [0.25, 0.3) is 0 Å². The van der Waals surface area contributed by atoms with Crippen LogP contribution in [0.2, 0.25) is 0 Å². The van der Waals surface area contributed by atoms with Crippen LogP contribution in [0.3, 0.4) is 0 Å². The van der Waals surface area contributed by atoms with E-state index in [9.17, 15) is 0 Å². The number of thiazole rings is 2. The first-order chi connectivity index (χ1) is 13.8. The third kappa shape index (κ3) is 5.53. The Labute approximate surface area is 187 Å². The van der Waals surface area contributed by atoms with Crippen molar-refractivity contribution < 1.29 is 0 Å². The van der Waals surface area contributed by atoms with Crippen LogP contribution in [0.4, 0.5) is 0 Å².